The molecule has 1 aliphatic heterocycles. The van der Waals surface area contributed by atoms with Crippen molar-refractivity contribution < 1.29 is 23.1 Å². The molecular weight excluding hydrogens is 246 g/mol. The molecule has 0 amide bonds. The van der Waals surface area contributed by atoms with Gasteiger partial charge in [-0.2, -0.15) is 0 Å². The first-order valence-electron chi connectivity index (χ1n) is 5.34. The Kier molecular flexibility index (Phi) is 3.58. The van der Waals surface area contributed by atoms with Crippen molar-refractivity contribution in [3.63, 3.8) is 0 Å². The van der Waals surface area contributed by atoms with E-state index in [1.807, 2.05) is 0 Å². The van der Waals surface area contributed by atoms with Gasteiger partial charge in [-0.15, -0.1) is 0 Å². The number of nitrogens with one attached hydrogen (secondary N) is 1. The highest BCUT2D eigenvalue weighted by atomic mass is 32.2. The van der Waals surface area contributed by atoms with E-state index in [0.717, 1.165) is 0 Å². The van der Waals surface area contributed by atoms with E-state index in [1.54, 1.807) is 20.8 Å². The fourth-order valence-corrected chi connectivity index (χ4v) is 2.47. The van der Waals surface area contributed by atoms with Gasteiger partial charge in [0.15, 0.2) is 0 Å². The topological polar surface area (TPSA) is 92.7 Å². The summed E-state index contributed by atoms with van der Waals surface area (Å²) in [7, 11) is -3.58. The molecule has 0 radical (unpaired) electrons. The number of carboxylic acid groups (broad SMARTS) is 1. The Hall–Kier alpha value is -0.660. The van der Waals surface area contributed by atoms with Gasteiger partial charge in [-0.1, -0.05) is 0 Å². The molecule has 2 N–H and O–H groups in total. The van der Waals surface area contributed by atoms with Crippen molar-refractivity contribution in [1.29, 1.82) is 0 Å². The predicted octanol–water partition coefficient (Wildman–Crippen LogP) is 0.194. The lowest BCUT2D eigenvalue weighted by Gasteiger charge is -2.29. The molecule has 1 heterocycles. The molecule has 2 atom stereocenters. The lowest BCUT2D eigenvalue weighted by atomic mass is 9.86. The zero-order valence-corrected chi connectivity index (χ0v) is 11.3. The van der Waals surface area contributed by atoms with Crippen LogP contribution in [0.4, 0.5) is 0 Å². The van der Waals surface area contributed by atoms with E-state index >= 15 is 0 Å². The monoisotopic (exact) mass is 265 g/mol. The third kappa shape index (κ3) is 2.61. The molecule has 1 fully saturated rings. The van der Waals surface area contributed by atoms with Crippen LogP contribution in [-0.2, 0) is 19.6 Å². The molecule has 1 aliphatic rings. The summed E-state index contributed by atoms with van der Waals surface area (Å²) in [6.45, 7) is 6.26. The van der Waals surface area contributed by atoms with Crippen molar-refractivity contribution in [3.8, 4) is 0 Å². The number of aliphatic carboxylic acids is 1. The SMILES string of the molecule is CC1(C(=O)O)COCC1NS(=O)(=O)C(C)(C)C. The Morgan fingerprint density at radius 3 is 2.41 bits per heavy atom. The number of carboxylic acids is 1. The summed E-state index contributed by atoms with van der Waals surface area (Å²) in [6, 6.07) is -0.732. The molecule has 0 spiro atoms. The van der Waals surface area contributed by atoms with Crippen LogP contribution in [0.3, 0.4) is 0 Å². The molecule has 0 aromatic rings. The highest BCUT2D eigenvalue weighted by molar-refractivity contribution is 7.90. The third-order valence-electron chi connectivity index (χ3n) is 3.05. The van der Waals surface area contributed by atoms with Crippen LogP contribution in [0.2, 0.25) is 0 Å². The second kappa shape index (κ2) is 4.22. The summed E-state index contributed by atoms with van der Waals surface area (Å²) in [4.78, 5) is 11.2. The summed E-state index contributed by atoms with van der Waals surface area (Å²) >= 11 is 0. The van der Waals surface area contributed by atoms with Gasteiger partial charge in [-0.3, -0.25) is 4.79 Å². The molecule has 100 valence electrons. The van der Waals surface area contributed by atoms with Crippen molar-refractivity contribution in [2.24, 2.45) is 5.41 Å². The zero-order valence-electron chi connectivity index (χ0n) is 10.5. The summed E-state index contributed by atoms with van der Waals surface area (Å²) < 4.78 is 30.5. The Balaban J connectivity index is 2.94. The Morgan fingerprint density at radius 1 is 1.47 bits per heavy atom. The van der Waals surface area contributed by atoms with Crippen LogP contribution in [-0.4, -0.2) is 43.5 Å². The number of hydrogen-bond donors (Lipinski definition) is 2. The van der Waals surface area contributed by atoms with Crippen LogP contribution in [0.15, 0.2) is 0 Å². The second-order valence-electron chi connectivity index (χ2n) is 5.52. The minimum Gasteiger partial charge on any atom is -0.481 e. The van der Waals surface area contributed by atoms with Gasteiger partial charge in [-0.25, -0.2) is 13.1 Å². The van der Waals surface area contributed by atoms with E-state index in [2.05, 4.69) is 4.72 Å². The van der Waals surface area contributed by atoms with E-state index in [-0.39, 0.29) is 13.2 Å². The molecule has 1 rings (SSSR count). The van der Waals surface area contributed by atoms with Gasteiger partial charge in [0.05, 0.1) is 24.0 Å². The second-order valence-corrected chi connectivity index (χ2v) is 7.99. The van der Waals surface area contributed by atoms with Gasteiger partial charge in [0, 0.05) is 0 Å². The highest BCUT2D eigenvalue weighted by Crippen LogP contribution is 2.30. The largest absolute Gasteiger partial charge is 0.481 e. The molecule has 17 heavy (non-hydrogen) atoms. The summed E-state index contributed by atoms with van der Waals surface area (Å²) in [6.07, 6.45) is 0. The fraction of sp³-hybridized carbons (Fsp3) is 0.900. The predicted molar refractivity (Wildman–Crippen MR) is 62.2 cm³/mol. The van der Waals surface area contributed by atoms with Gasteiger partial charge in [-0.05, 0) is 27.7 Å². The average Bonchev–Trinajstić information content (AvgIpc) is 2.46. The number of ether oxygens (including phenoxy) is 1. The zero-order chi connectivity index (χ0) is 13.5. The standard InChI is InChI=1S/C10H19NO5S/c1-9(2,3)17(14,15)11-7-5-16-6-10(7,4)8(12)13/h7,11H,5-6H2,1-4H3,(H,12,13). The van der Waals surface area contributed by atoms with Crippen molar-refractivity contribution in [2.75, 3.05) is 13.2 Å². The lowest BCUT2D eigenvalue weighted by Crippen LogP contribution is -2.53. The van der Waals surface area contributed by atoms with Gasteiger partial charge >= 0.3 is 5.97 Å². The highest BCUT2D eigenvalue weighted by Gasteiger charge is 2.49. The maximum absolute atomic E-state index is 12.0. The number of rotatable bonds is 3. The molecule has 0 aromatic carbocycles. The minimum absolute atomic E-state index is 0.0136. The first kappa shape index (κ1) is 14.4. The number of carbonyl (C=O) groups is 1. The van der Waals surface area contributed by atoms with Crippen molar-refractivity contribution >= 4 is 16.0 Å². The van der Waals surface area contributed by atoms with E-state index in [9.17, 15) is 13.2 Å². The van der Waals surface area contributed by atoms with E-state index in [4.69, 9.17) is 9.84 Å². The Morgan fingerprint density at radius 2 is 2.00 bits per heavy atom. The van der Waals surface area contributed by atoms with Crippen molar-refractivity contribution in [2.45, 2.75) is 38.5 Å². The lowest BCUT2D eigenvalue weighted by molar-refractivity contribution is -0.148. The maximum atomic E-state index is 12.0. The van der Waals surface area contributed by atoms with Crippen molar-refractivity contribution in [3.05, 3.63) is 0 Å². The minimum atomic E-state index is -3.58. The molecule has 1 saturated heterocycles. The number of sulfonamides is 1. The molecule has 6 nitrogen and oxygen atoms in total. The van der Waals surface area contributed by atoms with Crippen LogP contribution in [0, 0.1) is 5.41 Å². The van der Waals surface area contributed by atoms with E-state index in [0.29, 0.717) is 0 Å². The normalized spacial score (nSPS) is 30.5. The average molecular weight is 265 g/mol. The van der Waals surface area contributed by atoms with E-state index < -0.39 is 32.2 Å². The van der Waals surface area contributed by atoms with E-state index in [1.165, 1.54) is 6.92 Å². The number of hydrogen-bond acceptors (Lipinski definition) is 4. The first-order valence-corrected chi connectivity index (χ1v) is 6.82. The van der Waals surface area contributed by atoms with Crippen LogP contribution in [0.1, 0.15) is 27.7 Å². The van der Waals surface area contributed by atoms with Gasteiger partial charge in [0.2, 0.25) is 10.0 Å². The molecule has 0 aliphatic carbocycles. The molecule has 0 bridgehead atoms. The van der Waals surface area contributed by atoms with Crippen LogP contribution in [0.25, 0.3) is 0 Å². The molecule has 0 aromatic heterocycles. The first-order chi connectivity index (χ1) is 7.51. The summed E-state index contributed by atoms with van der Waals surface area (Å²) in [5.74, 6) is -1.06. The van der Waals surface area contributed by atoms with Crippen molar-refractivity contribution in [1.82, 2.24) is 4.72 Å². The summed E-state index contributed by atoms with van der Waals surface area (Å²) in [5.41, 5.74) is -1.21. The molecule has 7 heteroatoms. The Labute approximate surface area is 101 Å². The summed E-state index contributed by atoms with van der Waals surface area (Å²) in [5, 5.41) is 9.13. The molecular formula is C10H19NO5S. The quantitative estimate of drug-likeness (QED) is 0.760. The fourth-order valence-electron chi connectivity index (χ4n) is 1.41. The third-order valence-corrected chi connectivity index (χ3v) is 5.25. The van der Waals surface area contributed by atoms with Crippen LogP contribution < -0.4 is 4.72 Å². The molecule has 0 saturated carbocycles. The maximum Gasteiger partial charge on any atom is 0.313 e. The van der Waals surface area contributed by atoms with Crippen LogP contribution in [0.5, 0.6) is 0 Å². The smallest absolute Gasteiger partial charge is 0.313 e. The molecule has 2 unspecified atom stereocenters. The Bertz CT molecular complexity index is 411. The van der Waals surface area contributed by atoms with Gasteiger partial charge in [0.1, 0.15) is 5.41 Å². The van der Waals surface area contributed by atoms with Gasteiger partial charge < -0.3 is 9.84 Å². The van der Waals surface area contributed by atoms with Gasteiger partial charge in [0.25, 0.3) is 0 Å². The van der Waals surface area contributed by atoms with Crippen LogP contribution >= 0.6 is 0 Å².